The maximum atomic E-state index is 12.8. The maximum absolute atomic E-state index is 12.8. The Hall–Kier alpha value is -1.95. The molecule has 0 radical (unpaired) electrons. The molecule has 0 saturated carbocycles. The Balaban J connectivity index is 1.92. The second kappa shape index (κ2) is 5.68. The fourth-order valence-corrected chi connectivity index (χ4v) is 3.29. The third-order valence-electron chi connectivity index (χ3n) is 3.40. The van der Waals surface area contributed by atoms with Crippen LogP contribution in [0, 0.1) is 0 Å². The topological polar surface area (TPSA) is 20.3 Å². The van der Waals surface area contributed by atoms with Crippen molar-refractivity contribution in [1.29, 1.82) is 0 Å². The first-order valence-electron chi connectivity index (χ1n) is 6.63. The van der Waals surface area contributed by atoms with E-state index in [4.69, 9.17) is 0 Å². The molecule has 0 fully saturated rings. The van der Waals surface area contributed by atoms with E-state index in [1.54, 1.807) is 11.0 Å². The lowest BCUT2D eigenvalue weighted by Crippen LogP contribution is -2.34. The lowest BCUT2D eigenvalue weighted by atomic mass is 10.1. The predicted octanol–water partition coefficient (Wildman–Crippen LogP) is 4.34. The van der Waals surface area contributed by atoms with Crippen LogP contribution in [0.2, 0.25) is 0 Å². The number of amides is 1. The molecule has 0 aliphatic carbocycles. The van der Waals surface area contributed by atoms with Gasteiger partial charge in [0.25, 0.3) is 0 Å². The predicted molar refractivity (Wildman–Crippen MR) is 79.8 cm³/mol. The SMILES string of the molecule is O=C1CSc2ccccc2N1Cc1cccc(C(F)(F)F)c1. The van der Waals surface area contributed by atoms with Crippen molar-refractivity contribution in [2.45, 2.75) is 17.6 Å². The maximum Gasteiger partial charge on any atom is 0.416 e. The van der Waals surface area contributed by atoms with Crippen LogP contribution >= 0.6 is 11.8 Å². The monoisotopic (exact) mass is 323 g/mol. The van der Waals surface area contributed by atoms with E-state index in [-0.39, 0.29) is 12.5 Å². The van der Waals surface area contributed by atoms with Gasteiger partial charge >= 0.3 is 6.18 Å². The number of halogens is 3. The lowest BCUT2D eigenvalue weighted by molar-refractivity contribution is -0.137. The molecule has 0 aromatic heterocycles. The van der Waals surface area contributed by atoms with Gasteiger partial charge in [-0.25, -0.2) is 0 Å². The fourth-order valence-electron chi connectivity index (χ4n) is 2.36. The molecule has 0 N–H and O–H groups in total. The first-order chi connectivity index (χ1) is 10.4. The lowest BCUT2D eigenvalue weighted by Gasteiger charge is -2.29. The smallest absolute Gasteiger partial charge is 0.306 e. The van der Waals surface area contributed by atoms with Crippen molar-refractivity contribution in [2.75, 3.05) is 10.7 Å². The van der Waals surface area contributed by atoms with Gasteiger partial charge in [-0.1, -0.05) is 24.3 Å². The summed E-state index contributed by atoms with van der Waals surface area (Å²) < 4.78 is 38.3. The summed E-state index contributed by atoms with van der Waals surface area (Å²) in [5.41, 5.74) is 0.517. The largest absolute Gasteiger partial charge is 0.416 e. The number of anilines is 1. The Morgan fingerprint density at radius 1 is 1.09 bits per heavy atom. The first kappa shape index (κ1) is 15.0. The highest BCUT2D eigenvalue weighted by Gasteiger charge is 2.31. The van der Waals surface area contributed by atoms with E-state index in [0.29, 0.717) is 11.3 Å². The summed E-state index contributed by atoms with van der Waals surface area (Å²) in [7, 11) is 0. The van der Waals surface area contributed by atoms with Crippen LogP contribution in [0.4, 0.5) is 18.9 Å². The van der Waals surface area contributed by atoms with Crippen molar-refractivity contribution < 1.29 is 18.0 Å². The zero-order valence-electron chi connectivity index (χ0n) is 11.4. The molecule has 6 heteroatoms. The Morgan fingerprint density at radius 2 is 1.86 bits per heavy atom. The summed E-state index contributed by atoms with van der Waals surface area (Å²) in [6, 6.07) is 12.5. The zero-order chi connectivity index (χ0) is 15.7. The summed E-state index contributed by atoms with van der Waals surface area (Å²) in [5.74, 6) is 0.205. The van der Waals surface area contributed by atoms with Gasteiger partial charge in [0.1, 0.15) is 0 Å². The summed E-state index contributed by atoms with van der Waals surface area (Å²) in [6.07, 6.45) is -4.38. The van der Waals surface area contributed by atoms with E-state index in [1.807, 2.05) is 24.3 Å². The normalized spacial score (nSPS) is 14.9. The number of rotatable bonds is 2. The van der Waals surface area contributed by atoms with Crippen molar-refractivity contribution in [2.24, 2.45) is 0 Å². The van der Waals surface area contributed by atoms with Crippen molar-refractivity contribution in [3.05, 3.63) is 59.7 Å². The highest BCUT2D eigenvalue weighted by atomic mass is 32.2. The van der Waals surface area contributed by atoms with Gasteiger partial charge in [-0.15, -0.1) is 11.8 Å². The minimum absolute atomic E-state index is 0.0962. The number of carbonyl (C=O) groups excluding carboxylic acids is 1. The molecule has 0 saturated heterocycles. The minimum atomic E-state index is -4.38. The second-order valence-electron chi connectivity index (χ2n) is 4.93. The van der Waals surface area contributed by atoms with Crippen molar-refractivity contribution in [3.63, 3.8) is 0 Å². The number of hydrogen-bond acceptors (Lipinski definition) is 2. The molecule has 1 heterocycles. The molecule has 22 heavy (non-hydrogen) atoms. The molecular weight excluding hydrogens is 311 g/mol. The molecule has 114 valence electrons. The van der Waals surface area contributed by atoms with Gasteiger partial charge in [-0.3, -0.25) is 4.79 Å². The van der Waals surface area contributed by atoms with E-state index in [0.717, 1.165) is 22.7 Å². The van der Waals surface area contributed by atoms with E-state index >= 15 is 0 Å². The Morgan fingerprint density at radius 3 is 2.64 bits per heavy atom. The van der Waals surface area contributed by atoms with Crippen LogP contribution in [0.3, 0.4) is 0 Å². The van der Waals surface area contributed by atoms with Crippen molar-refractivity contribution in [1.82, 2.24) is 0 Å². The molecule has 0 bridgehead atoms. The molecule has 1 amide bonds. The number of fused-ring (bicyclic) bond motifs is 1. The van der Waals surface area contributed by atoms with Crippen LogP contribution in [0.15, 0.2) is 53.4 Å². The van der Waals surface area contributed by atoms with Gasteiger partial charge < -0.3 is 4.90 Å². The highest BCUT2D eigenvalue weighted by molar-refractivity contribution is 8.00. The second-order valence-corrected chi connectivity index (χ2v) is 5.95. The van der Waals surface area contributed by atoms with Crippen LogP contribution in [0.1, 0.15) is 11.1 Å². The number of para-hydroxylation sites is 1. The number of carbonyl (C=O) groups is 1. The van der Waals surface area contributed by atoms with E-state index < -0.39 is 11.7 Å². The number of alkyl halides is 3. The van der Waals surface area contributed by atoms with Crippen LogP contribution in [0.25, 0.3) is 0 Å². The summed E-state index contributed by atoms with van der Waals surface area (Å²) >= 11 is 1.45. The highest BCUT2D eigenvalue weighted by Crippen LogP contribution is 2.36. The van der Waals surface area contributed by atoms with Crippen molar-refractivity contribution in [3.8, 4) is 0 Å². The van der Waals surface area contributed by atoms with Crippen LogP contribution in [0.5, 0.6) is 0 Å². The Kier molecular flexibility index (Phi) is 3.87. The van der Waals surface area contributed by atoms with Crippen LogP contribution in [-0.2, 0) is 17.5 Å². The van der Waals surface area contributed by atoms with Gasteiger partial charge in [-0.2, -0.15) is 13.2 Å². The molecule has 1 aliphatic rings. The summed E-state index contributed by atoms with van der Waals surface area (Å²) in [6.45, 7) is 0.139. The third-order valence-corrected chi connectivity index (χ3v) is 4.45. The molecule has 3 rings (SSSR count). The van der Waals surface area contributed by atoms with E-state index in [1.165, 1.54) is 17.8 Å². The third kappa shape index (κ3) is 2.97. The zero-order valence-corrected chi connectivity index (χ0v) is 12.2. The fraction of sp³-hybridized carbons (Fsp3) is 0.188. The van der Waals surface area contributed by atoms with Crippen LogP contribution in [-0.4, -0.2) is 11.7 Å². The molecule has 0 unspecified atom stereocenters. The number of hydrogen-bond donors (Lipinski definition) is 0. The number of nitrogens with zero attached hydrogens (tertiary/aromatic N) is 1. The van der Waals surface area contributed by atoms with Gasteiger partial charge in [0.2, 0.25) is 5.91 Å². The number of thioether (sulfide) groups is 1. The van der Waals surface area contributed by atoms with Gasteiger partial charge in [0.15, 0.2) is 0 Å². The van der Waals surface area contributed by atoms with E-state index in [9.17, 15) is 18.0 Å². The van der Waals surface area contributed by atoms with E-state index in [2.05, 4.69) is 0 Å². The van der Waals surface area contributed by atoms with Crippen molar-refractivity contribution >= 4 is 23.4 Å². The molecule has 2 aromatic carbocycles. The summed E-state index contributed by atoms with van der Waals surface area (Å²) in [5, 5.41) is 0. The van der Waals surface area contributed by atoms with Gasteiger partial charge in [-0.05, 0) is 29.8 Å². The van der Waals surface area contributed by atoms with Gasteiger partial charge in [0.05, 0.1) is 23.5 Å². The molecule has 2 nitrogen and oxygen atoms in total. The standard InChI is InChI=1S/C16H12F3NOS/c17-16(18,19)12-5-3-4-11(8-12)9-20-13-6-1-2-7-14(13)22-10-15(20)21/h1-8H,9-10H2. The molecule has 2 aromatic rings. The molecular formula is C16H12F3NOS. The quantitative estimate of drug-likeness (QED) is 0.819. The number of benzene rings is 2. The average Bonchev–Trinajstić information content (AvgIpc) is 2.50. The minimum Gasteiger partial charge on any atom is -0.306 e. The molecule has 0 atom stereocenters. The Bertz CT molecular complexity index is 715. The molecule has 1 aliphatic heterocycles. The first-order valence-corrected chi connectivity index (χ1v) is 7.62. The van der Waals surface area contributed by atoms with Crippen LogP contribution < -0.4 is 4.90 Å². The van der Waals surface area contributed by atoms with Gasteiger partial charge in [0, 0.05) is 4.90 Å². The average molecular weight is 323 g/mol. The molecule has 0 spiro atoms. The Labute approximate surface area is 129 Å². The summed E-state index contributed by atoms with van der Waals surface area (Å²) in [4.78, 5) is 14.6.